The van der Waals surface area contributed by atoms with E-state index in [-0.39, 0.29) is 5.76 Å². The summed E-state index contributed by atoms with van der Waals surface area (Å²) in [5, 5.41) is 10.3. The van der Waals surface area contributed by atoms with Crippen LogP contribution in [0.25, 0.3) is 0 Å². The van der Waals surface area contributed by atoms with Gasteiger partial charge in [0.05, 0.1) is 6.07 Å². The first-order chi connectivity index (χ1) is 8.04. The Balaban J connectivity index is 2.58. The highest BCUT2D eigenvalue weighted by molar-refractivity contribution is 5.95. The van der Waals surface area contributed by atoms with E-state index < -0.39 is 22.6 Å². The maximum Gasteiger partial charge on any atom is 0.433 e. The van der Waals surface area contributed by atoms with E-state index in [4.69, 9.17) is 0 Å². The third-order valence-corrected chi connectivity index (χ3v) is 1.61. The molecule has 0 aromatic carbocycles. The molecule has 0 aliphatic carbocycles. The summed E-state index contributed by atoms with van der Waals surface area (Å²) in [5.74, 6) is -2.12. The fourth-order valence-corrected chi connectivity index (χ4v) is 0.921. The van der Waals surface area contributed by atoms with E-state index in [1.165, 1.54) is 12.2 Å². The van der Waals surface area contributed by atoms with Crippen LogP contribution >= 0.6 is 0 Å². The third-order valence-electron chi connectivity index (χ3n) is 1.61. The van der Waals surface area contributed by atoms with Crippen molar-refractivity contribution in [3.63, 3.8) is 0 Å². The zero-order chi connectivity index (χ0) is 12.8. The van der Waals surface area contributed by atoms with Crippen molar-refractivity contribution >= 4 is 17.7 Å². The maximum atomic E-state index is 11.3. The SMILES string of the molecule is C/C=C/C(=O)NNC(=O)c1ccc([N+](=O)[O-])o1. The zero-order valence-electron chi connectivity index (χ0n) is 8.80. The van der Waals surface area contributed by atoms with Crippen LogP contribution in [0.1, 0.15) is 17.5 Å². The number of carbonyl (C=O) groups excluding carboxylic acids is 2. The third kappa shape index (κ3) is 3.45. The predicted octanol–water partition coefficient (Wildman–Crippen LogP) is 0.525. The van der Waals surface area contributed by atoms with Crippen molar-refractivity contribution < 1.29 is 18.9 Å². The molecule has 2 N–H and O–H groups in total. The summed E-state index contributed by atoms with van der Waals surface area (Å²) in [7, 11) is 0. The molecule has 8 nitrogen and oxygen atoms in total. The fourth-order valence-electron chi connectivity index (χ4n) is 0.921. The van der Waals surface area contributed by atoms with E-state index >= 15 is 0 Å². The van der Waals surface area contributed by atoms with E-state index in [0.29, 0.717) is 0 Å². The number of hydrazine groups is 1. The van der Waals surface area contributed by atoms with Crippen LogP contribution in [-0.4, -0.2) is 16.7 Å². The standard InChI is InChI=1S/C9H9N3O5/c1-2-3-7(13)10-11-9(14)6-4-5-8(17-6)12(15)16/h2-5H,1H3,(H,10,13)(H,11,14)/b3-2+. The van der Waals surface area contributed by atoms with E-state index in [1.54, 1.807) is 6.92 Å². The molecule has 0 aliphatic heterocycles. The number of hydrogen-bond donors (Lipinski definition) is 2. The average molecular weight is 239 g/mol. The molecule has 0 unspecified atom stereocenters. The molecule has 1 aromatic rings. The number of allylic oxidation sites excluding steroid dienone is 1. The summed E-state index contributed by atoms with van der Waals surface area (Å²) in [6.45, 7) is 1.64. The molecular formula is C9H9N3O5. The van der Waals surface area contributed by atoms with Gasteiger partial charge in [-0.1, -0.05) is 6.08 Å². The van der Waals surface area contributed by atoms with Gasteiger partial charge >= 0.3 is 11.8 Å². The highest BCUT2D eigenvalue weighted by Gasteiger charge is 2.17. The molecule has 2 amide bonds. The van der Waals surface area contributed by atoms with Gasteiger partial charge in [-0.3, -0.25) is 30.6 Å². The normalized spacial score (nSPS) is 10.2. The van der Waals surface area contributed by atoms with Gasteiger partial charge in [-0.15, -0.1) is 0 Å². The average Bonchev–Trinajstić information content (AvgIpc) is 2.75. The molecule has 0 saturated carbocycles. The number of furan rings is 1. The van der Waals surface area contributed by atoms with E-state index in [9.17, 15) is 19.7 Å². The molecule has 0 spiro atoms. The predicted molar refractivity (Wildman–Crippen MR) is 55.8 cm³/mol. The van der Waals surface area contributed by atoms with Gasteiger partial charge in [0.1, 0.15) is 4.92 Å². The summed E-state index contributed by atoms with van der Waals surface area (Å²) in [6.07, 6.45) is 2.68. The lowest BCUT2D eigenvalue weighted by Crippen LogP contribution is -2.40. The van der Waals surface area contributed by atoms with Crippen LogP contribution in [0.2, 0.25) is 0 Å². The monoisotopic (exact) mass is 239 g/mol. The van der Waals surface area contributed by atoms with Crippen LogP contribution in [-0.2, 0) is 4.79 Å². The molecule has 0 atom stereocenters. The first-order valence-electron chi connectivity index (χ1n) is 4.52. The van der Waals surface area contributed by atoms with Crippen molar-refractivity contribution in [1.29, 1.82) is 0 Å². The fraction of sp³-hybridized carbons (Fsp3) is 0.111. The number of hydrogen-bond acceptors (Lipinski definition) is 5. The minimum Gasteiger partial charge on any atom is -0.395 e. The molecular weight excluding hydrogens is 230 g/mol. The second-order valence-electron chi connectivity index (χ2n) is 2.84. The largest absolute Gasteiger partial charge is 0.433 e. The van der Waals surface area contributed by atoms with Crippen LogP contribution in [0.5, 0.6) is 0 Å². The Labute approximate surface area is 95.4 Å². The maximum absolute atomic E-state index is 11.3. The topological polar surface area (TPSA) is 114 Å². The molecule has 1 rings (SSSR count). The summed E-state index contributed by atoms with van der Waals surface area (Å²) >= 11 is 0. The Bertz CT molecular complexity index is 477. The van der Waals surface area contributed by atoms with Crippen LogP contribution in [0.3, 0.4) is 0 Å². The van der Waals surface area contributed by atoms with Crippen molar-refractivity contribution in [3.05, 3.63) is 40.2 Å². The zero-order valence-corrected chi connectivity index (χ0v) is 8.80. The number of nitro groups is 1. The molecule has 0 aliphatic rings. The van der Waals surface area contributed by atoms with Crippen LogP contribution in [0, 0.1) is 10.1 Å². The van der Waals surface area contributed by atoms with Gasteiger partial charge in [0.25, 0.3) is 5.91 Å². The van der Waals surface area contributed by atoms with Gasteiger partial charge in [-0.05, 0) is 13.0 Å². The number of carbonyl (C=O) groups is 2. The quantitative estimate of drug-likeness (QED) is 0.453. The first kappa shape index (κ1) is 12.4. The van der Waals surface area contributed by atoms with Crippen LogP contribution in [0.4, 0.5) is 5.88 Å². The van der Waals surface area contributed by atoms with Gasteiger partial charge < -0.3 is 4.42 Å². The Hall–Kier alpha value is -2.64. The number of nitrogens with one attached hydrogen (secondary N) is 2. The minimum absolute atomic E-state index is 0.266. The van der Waals surface area contributed by atoms with E-state index in [1.807, 2.05) is 5.43 Å². The second kappa shape index (κ2) is 5.45. The van der Waals surface area contributed by atoms with Gasteiger partial charge in [0.2, 0.25) is 5.76 Å². The smallest absolute Gasteiger partial charge is 0.395 e. The Morgan fingerprint density at radius 1 is 1.41 bits per heavy atom. The molecule has 0 radical (unpaired) electrons. The highest BCUT2D eigenvalue weighted by Crippen LogP contribution is 2.14. The molecule has 1 aromatic heterocycles. The van der Waals surface area contributed by atoms with Gasteiger partial charge in [0, 0.05) is 6.08 Å². The summed E-state index contributed by atoms with van der Waals surface area (Å²) in [5.41, 5.74) is 4.09. The molecule has 90 valence electrons. The summed E-state index contributed by atoms with van der Waals surface area (Å²) < 4.78 is 4.62. The van der Waals surface area contributed by atoms with Crippen molar-refractivity contribution in [2.24, 2.45) is 0 Å². The van der Waals surface area contributed by atoms with Crippen molar-refractivity contribution in [3.8, 4) is 0 Å². The number of amides is 2. The summed E-state index contributed by atoms with van der Waals surface area (Å²) in [4.78, 5) is 31.8. The first-order valence-corrected chi connectivity index (χ1v) is 4.52. The van der Waals surface area contributed by atoms with Crippen molar-refractivity contribution in [2.45, 2.75) is 6.92 Å². The second-order valence-corrected chi connectivity index (χ2v) is 2.84. The van der Waals surface area contributed by atoms with E-state index in [2.05, 4.69) is 9.84 Å². The van der Waals surface area contributed by atoms with Crippen molar-refractivity contribution in [1.82, 2.24) is 10.9 Å². The molecule has 0 bridgehead atoms. The Morgan fingerprint density at radius 3 is 2.65 bits per heavy atom. The van der Waals surface area contributed by atoms with Gasteiger partial charge in [-0.2, -0.15) is 0 Å². The lowest BCUT2D eigenvalue weighted by molar-refractivity contribution is -0.402. The molecule has 0 saturated heterocycles. The molecule has 1 heterocycles. The molecule has 0 fully saturated rings. The van der Waals surface area contributed by atoms with Crippen LogP contribution < -0.4 is 10.9 Å². The minimum atomic E-state index is -0.782. The van der Waals surface area contributed by atoms with Crippen molar-refractivity contribution in [2.75, 3.05) is 0 Å². The lowest BCUT2D eigenvalue weighted by atomic mass is 10.4. The van der Waals surface area contributed by atoms with E-state index in [0.717, 1.165) is 12.1 Å². The molecule has 8 heteroatoms. The number of rotatable bonds is 3. The highest BCUT2D eigenvalue weighted by atomic mass is 16.6. The number of nitrogens with zero attached hydrogens (tertiary/aromatic N) is 1. The van der Waals surface area contributed by atoms with Gasteiger partial charge in [-0.25, -0.2) is 0 Å². The molecule has 17 heavy (non-hydrogen) atoms. The lowest BCUT2D eigenvalue weighted by Gasteiger charge is -2.01. The Morgan fingerprint density at radius 2 is 2.12 bits per heavy atom. The summed E-state index contributed by atoms with van der Waals surface area (Å²) in [6, 6.07) is 2.18. The van der Waals surface area contributed by atoms with Gasteiger partial charge in [0.15, 0.2) is 0 Å². The Kier molecular flexibility index (Phi) is 3.98. The van der Waals surface area contributed by atoms with Crippen LogP contribution in [0.15, 0.2) is 28.7 Å².